The van der Waals surface area contributed by atoms with Crippen molar-refractivity contribution >= 4 is 34.2 Å². The topological polar surface area (TPSA) is 113 Å². The van der Waals surface area contributed by atoms with Crippen LogP contribution in [0, 0.1) is 0 Å². The average Bonchev–Trinajstić information content (AvgIpc) is 2.66. The van der Waals surface area contributed by atoms with E-state index in [2.05, 4.69) is 5.32 Å². The Kier molecular flexibility index (Phi) is 9.35. The zero-order valence-corrected chi connectivity index (χ0v) is 17.9. The molecule has 8 nitrogen and oxygen atoms in total. The number of nitrogens with zero attached hydrogens (tertiary/aromatic N) is 2. The number of carbonyl (C=O) groups is 2. The van der Waals surface area contributed by atoms with Crippen molar-refractivity contribution in [1.82, 2.24) is 14.5 Å². The number of nitrogens with one attached hydrogen (secondary N) is 1. The highest BCUT2D eigenvalue weighted by Gasteiger charge is 2.34. The standard InChI is InChI=1S/C18H28N4O4S.ClH/c1-21(2)18(24)14-6-5-8-16(12-14)27(25,26)22-11-4-3-7-15(22)13-20-17(23)9-10-19;/h5-6,8,12,15H,3-4,7,9-11,13,19H2,1-2H3,(H,20,23);1H. The summed E-state index contributed by atoms with van der Waals surface area (Å²) in [6.45, 7) is 0.908. The van der Waals surface area contributed by atoms with Crippen LogP contribution < -0.4 is 11.1 Å². The molecule has 0 bridgehead atoms. The van der Waals surface area contributed by atoms with Gasteiger partial charge in [-0.1, -0.05) is 12.5 Å². The van der Waals surface area contributed by atoms with Crippen LogP contribution in [-0.4, -0.2) is 69.2 Å². The van der Waals surface area contributed by atoms with Gasteiger partial charge in [0.25, 0.3) is 5.91 Å². The molecule has 1 aromatic rings. The van der Waals surface area contributed by atoms with E-state index in [1.165, 1.54) is 21.3 Å². The quantitative estimate of drug-likeness (QED) is 0.662. The maximum atomic E-state index is 13.2. The second-order valence-electron chi connectivity index (χ2n) is 6.84. The second-order valence-corrected chi connectivity index (χ2v) is 8.73. The van der Waals surface area contributed by atoms with Crippen LogP contribution in [0.3, 0.4) is 0 Å². The third-order valence-corrected chi connectivity index (χ3v) is 6.52. The summed E-state index contributed by atoms with van der Waals surface area (Å²) >= 11 is 0. The van der Waals surface area contributed by atoms with Crippen molar-refractivity contribution in [3.8, 4) is 0 Å². The largest absolute Gasteiger partial charge is 0.354 e. The van der Waals surface area contributed by atoms with Gasteiger partial charge in [-0.15, -0.1) is 12.4 Å². The van der Waals surface area contributed by atoms with Crippen LogP contribution in [0.1, 0.15) is 36.0 Å². The van der Waals surface area contributed by atoms with Gasteiger partial charge in [-0.3, -0.25) is 9.59 Å². The van der Waals surface area contributed by atoms with E-state index in [1.54, 1.807) is 26.2 Å². The van der Waals surface area contributed by atoms with E-state index in [0.717, 1.165) is 12.8 Å². The van der Waals surface area contributed by atoms with Crippen LogP contribution >= 0.6 is 12.4 Å². The highest BCUT2D eigenvalue weighted by Crippen LogP contribution is 2.26. The minimum absolute atomic E-state index is 0. The number of hydrogen-bond acceptors (Lipinski definition) is 5. The number of halogens is 1. The summed E-state index contributed by atoms with van der Waals surface area (Å²) in [6, 6.07) is 5.78. The lowest BCUT2D eigenvalue weighted by atomic mass is 10.1. The second kappa shape index (κ2) is 10.8. The predicted molar refractivity (Wildman–Crippen MR) is 110 cm³/mol. The fourth-order valence-corrected chi connectivity index (χ4v) is 4.87. The first-order chi connectivity index (χ1) is 12.8. The number of amides is 2. The summed E-state index contributed by atoms with van der Waals surface area (Å²) in [7, 11) is -0.528. The molecule has 1 saturated heterocycles. The molecule has 1 heterocycles. The molecular formula is C18H29ClN4O4S. The number of rotatable bonds is 7. The van der Waals surface area contributed by atoms with Gasteiger partial charge >= 0.3 is 0 Å². The molecule has 0 aromatic heterocycles. The molecule has 28 heavy (non-hydrogen) atoms. The van der Waals surface area contributed by atoms with Crippen molar-refractivity contribution in [1.29, 1.82) is 0 Å². The Morgan fingerprint density at radius 2 is 2.00 bits per heavy atom. The molecule has 3 N–H and O–H groups in total. The molecule has 1 aromatic carbocycles. The molecule has 0 radical (unpaired) electrons. The summed E-state index contributed by atoms with van der Waals surface area (Å²) in [4.78, 5) is 25.4. The van der Waals surface area contributed by atoms with Gasteiger partial charge in [-0.05, 0) is 31.0 Å². The zero-order valence-electron chi connectivity index (χ0n) is 16.3. The number of carbonyl (C=O) groups excluding carboxylic acids is 2. The molecular weight excluding hydrogens is 404 g/mol. The summed E-state index contributed by atoms with van der Waals surface area (Å²) < 4.78 is 27.8. The summed E-state index contributed by atoms with van der Waals surface area (Å²) in [5, 5.41) is 2.77. The maximum absolute atomic E-state index is 13.2. The predicted octanol–water partition coefficient (Wildman–Crippen LogP) is 0.818. The van der Waals surface area contributed by atoms with E-state index in [-0.39, 0.29) is 54.7 Å². The minimum Gasteiger partial charge on any atom is -0.354 e. The van der Waals surface area contributed by atoms with Crippen LogP contribution in [0.15, 0.2) is 29.2 Å². The molecule has 1 aliphatic rings. The van der Waals surface area contributed by atoms with Gasteiger partial charge in [0, 0.05) is 51.8 Å². The van der Waals surface area contributed by atoms with E-state index in [1.807, 2.05) is 0 Å². The first-order valence-electron chi connectivity index (χ1n) is 9.07. The molecule has 10 heteroatoms. The van der Waals surface area contributed by atoms with Crippen LogP contribution in [0.2, 0.25) is 0 Å². The van der Waals surface area contributed by atoms with Crippen molar-refractivity contribution in [2.24, 2.45) is 5.73 Å². The number of nitrogens with two attached hydrogens (primary N) is 1. The Hall–Kier alpha value is -1.68. The molecule has 0 spiro atoms. The molecule has 158 valence electrons. The summed E-state index contributed by atoms with van der Waals surface area (Å²) in [5.74, 6) is -0.435. The van der Waals surface area contributed by atoms with Crippen LogP contribution in [-0.2, 0) is 14.8 Å². The van der Waals surface area contributed by atoms with Crippen molar-refractivity contribution in [3.63, 3.8) is 0 Å². The molecule has 1 fully saturated rings. The maximum Gasteiger partial charge on any atom is 0.253 e. The van der Waals surface area contributed by atoms with Gasteiger partial charge in [0.15, 0.2) is 0 Å². The number of benzene rings is 1. The van der Waals surface area contributed by atoms with Gasteiger partial charge in [0.05, 0.1) is 4.90 Å². The molecule has 2 rings (SSSR count). The van der Waals surface area contributed by atoms with Crippen LogP contribution in [0.25, 0.3) is 0 Å². The normalized spacial score (nSPS) is 17.5. The summed E-state index contributed by atoms with van der Waals surface area (Å²) in [5.41, 5.74) is 5.70. The lowest BCUT2D eigenvalue weighted by Gasteiger charge is -2.34. The van der Waals surface area contributed by atoms with E-state index in [4.69, 9.17) is 5.73 Å². The first-order valence-corrected chi connectivity index (χ1v) is 10.5. The van der Waals surface area contributed by atoms with Crippen molar-refractivity contribution in [2.45, 2.75) is 36.6 Å². The summed E-state index contributed by atoms with van der Waals surface area (Å²) in [6.07, 6.45) is 2.57. The Labute approximate surface area is 172 Å². The van der Waals surface area contributed by atoms with Crippen molar-refractivity contribution < 1.29 is 18.0 Å². The van der Waals surface area contributed by atoms with Gasteiger partial charge < -0.3 is 16.0 Å². The molecule has 1 unspecified atom stereocenters. The molecule has 1 aliphatic heterocycles. The number of piperidine rings is 1. The monoisotopic (exact) mass is 432 g/mol. The minimum atomic E-state index is -3.77. The van der Waals surface area contributed by atoms with E-state index >= 15 is 0 Å². The molecule has 0 saturated carbocycles. The number of sulfonamides is 1. The lowest BCUT2D eigenvalue weighted by molar-refractivity contribution is -0.121. The SMILES string of the molecule is CN(C)C(=O)c1cccc(S(=O)(=O)N2CCCCC2CNC(=O)CCN)c1.Cl. The molecule has 1 atom stereocenters. The first kappa shape index (κ1) is 24.4. The Bertz CT molecular complexity index is 786. The highest BCUT2D eigenvalue weighted by atomic mass is 35.5. The fourth-order valence-electron chi connectivity index (χ4n) is 3.13. The Balaban J connectivity index is 0.00000392. The zero-order chi connectivity index (χ0) is 20.0. The fraction of sp³-hybridized carbons (Fsp3) is 0.556. The average molecular weight is 433 g/mol. The van der Waals surface area contributed by atoms with Gasteiger partial charge in [0.2, 0.25) is 15.9 Å². The van der Waals surface area contributed by atoms with Crippen LogP contribution in [0.4, 0.5) is 0 Å². The van der Waals surface area contributed by atoms with Crippen LogP contribution in [0.5, 0.6) is 0 Å². The molecule has 0 aliphatic carbocycles. The van der Waals surface area contributed by atoms with Crippen molar-refractivity contribution in [2.75, 3.05) is 33.7 Å². The van der Waals surface area contributed by atoms with Gasteiger partial charge in [-0.25, -0.2) is 8.42 Å². The molecule has 2 amide bonds. The van der Waals surface area contributed by atoms with Gasteiger partial charge in [-0.2, -0.15) is 4.31 Å². The lowest BCUT2D eigenvalue weighted by Crippen LogP contribution is -2.49. The van der Waals surface area contributed by atoms with E-state index < -0.39 is 10.0 Å². The smallest absolute Gasteiger partial charge is 0.253 e. The van der Waals surface area contributed by atoms with Crippen molar-refractivity contribution in [3.05, 3.63) is 29.8 Å². The number of hydrogen-bond donors (Lipinski definition) is 2. The highest BCUT2D eigenvalue weighted by molar-refractivity contribution is 7.89. The third-order valence-electron chi connectivity index (χ3n) is 4.57. The Morgan fingerprint density at radius 1 is 1.29 bits per heavy atom. The van der Waals surface area contributed by atoms with E-state index in [9.17, 15) is 18.0 Å². The Morgan fingerprint density at radius 3 is 2.64 bits per heavy atom. The van der Waals surface area contributed by atoms with E-state index in [0.29, 0.717) is 18.5 Å². The van der Waals surface area contributed by atoms with Gasteiger partial charge in [0.1, 0.15) is 0 Å². The third kappa shape index (κ3) is 5.91.